The van der Waals surface area contributed by atoms with Gasteiger partial charge in [0.2, 0.25) is 5.69 Å². The minimum Gasteiger partial charge on any atom is -1.00 e. The molecule has 0 aromatic heterocycles. The van der Waals surface area contributed by atoms with E-state index in [1.165, 1.54) is 28.2 Å². The van der Waals surface area contributed by atoms with Crippen LogP contribution in [0, 0.1) is 0 Å². The van der Waals surface area contributed by atoms with E-state index in [9.17, 15) is 0 Å². The summed E-state index contributed by atoms with van der Waals surface area (Å²) in [5.74, 6) is 0. The number of rotatable bonds is 3. The zero-order valence-corrected chi connectivity index (χ0v) is 15.2. The van der Waals surface area contributed by atoms with Crippen LogP contribution in [0.3, 0.4) is 0 Å². The van der Waals surface area contributed by atoms with Gasteiger partial charge in [-0.15, -0.1) is 12.4 Å². The summed E-state index contributed by atoms with van der Waals surface area (Å²) in [5, 5.41) is 0. The Morgan fingerprint density at radius 1 is 0.957 bits per heavy atom. The minimum absolute atomic E-state index is 0. The van der Waals surface area contributed by atoms with Crippen LogP contribution in [0.15, 0.2) is 54.6 Å². The third-order valence-corrected chi connectivity index (χ3v) is 4.03. The van der Waals surface area contributed by atoms with E-state index >= 15 is 0 Å². The lowest BCUT2D eigenvalue weighted by molar-refractivity contribution is -0.400. The van der Waals surface area contributed by atoms with Crippen molar-refractivity contribution in [1.82, 2.24) is 0 Å². The highest BCUT2D eigenvalue weighted by Gasteiger charge is 2.23. The molecule has 23 heavy (non-hydrogen) atoms. The van der Waals surface area contributed by atoms with E-state index in [4.69, 9.17) is 0 Å². The third-order valence-electron chi connectivity index (χ3n) is 4.03. The molecule has 0 amide bonds. The summed E-state index contributed by atoms with van der Waals surface area (Å²) in [6, 6.07) is 17.2. The van der Waals surface area contributed by atoms with Crippen LogP contribution in [-0.2, 0) is 6.42 Å². The minimum atomic E-state index is 0. The Kier molecular flexibility index (Phi) is 6.86. The number of halogens is 2. The van der Waals surface area contributed by atoms with Gasteiger partial charge in [0.15, 0.2) is 5.71 Å². The molecule has 122 valence electrons. The average Bonchev–Trinajstić information content (AvgIpc) is 2.82. The number of hydrogen-bond donors (Lipinski definition) is 0. The summed E-state index contributed by atoms with van der Waals surface area (Å²) in [5.41, 5.74) is 6.53. The quantitative estimate of drug-likeness (QED) is 0.754. The lowest BCUT2D eigenvalue weighted by atomic mass is 10.1. The molecule has 1 heterocycles. The lowest BCUT2D eigenvalue weighted by Gasteiger charge is -2.11. The molecule has 3 rings (SSSR count). The number of allylic oxidation sites excluding steroid dienone is 1. The van der Waals surface area contributed by atoms with Gasteiger partial charge >= 0.3 is 0 Å². The molecule has 0 spiro atoms. The number of para-hydroxylation sites is 1. The van der Waals surface area contributed by atoms with Crippen molar-refractivity contribution in [2.75, 3.05) is 26.0 Å². The summed E-state index contributed by atoms with van der Waals surface area (Å²) < 4.78 is 2.28. The first kappa shape index (κ1) is 19.3. The predicted molar refractivity (Wildman–Crippen MR) is 98.0 cm³/mol. The zero-order valence-electron chi connectivity index (χ0n) is 13.7. The van der Waals surface area contributed by atoms with Gasteiger partial charge in [-0.3, -0.25) is 0 Å². The van der Waals surface area contributed by atoms with Gasteiger partial charge in [-0.2, -0.15) is 4.58 Å². The summed E-state index contributed by atoms with van der Waals surface area (Å²) >= 11 is 0. The Labute approximate surface area is 151 Å². The van der Waals surface area contributed by atoms with E-state index in [-0.39, 0.29) is 24.8 Å². The standard InChI is InChI=1S/C19H21N2.2ClH/c1-20(2)17-11-8-15(9-12-17)10-13-18-14-16-6-4-5-7-19(16)21(18)3;;/h4-13H,14H2,1-3H3;2*1H/q+1;;/p-1. The van der Waals surface area contributed by atoms with Gasteiger partial charge < -0.3 is 17.3 Å². The summed E-state index contributed by atoms with van der Waals surface area (Å²) in [6.07, 6.45) is 5.43. The van der Waals surface area contributed by atoms with Crippen LogP contribution in [0.4, 0.5) is 11.4 Å². The molecule has 1 aliphatic rings. The maximum absolute atomic E-state index is 2.28. The second-order valence-corrected chi connectivity index (χ2v) is 5.68. The van der Waals surface area contributed by atoms with Crippen molar-refractivity contribution in [3.63, 3.8) is 0 Å². The Hall–Kier alpha value is -1.77. The molecular weight excluding hydrogens is 327 g/mol. The van der Waals surface area contributed by atoms with Gasteiger partial charge in [-0.05, 0) is 23.8 Å². The number of anilines is 1. The molecule has 2 aromatic carbocycles. The SMILES string of the molecule is CN(C)c1ccc(C=CC2=[N+](C)c3ccccc3C2)cc1.Cl.[Cl-]. The molecule has 0 fully saturated rings. The number of benzene rings is 2. The van der Waals surface area contributed by atoms with Crippen molar-refractivity contribution in [1.29, 1.82) is 0 Å². The average molecular weight is 349 g/mol. The van der Waals surface area contributed by atoms with Crippen molar-refractivity contribution in [3.8, 4) is 0 Å². The van der Waals surface area contributed by atoms with Crippen molar-refractivity contribution in [3.05, 3.63) is 65.7 Å². The molecule has 0 atom stereocenters. The smallest absolute Gasteiger partial charge is 0.208 e. The largest absolute Gasteiger partial charge is 1.00 e. The third kappa shape index (κ3) is 4.15. The molecule has 1 aliphatic heterocycles. The van der Waals surface area contributed by atoms with Crippen LogP contribution in [-0.4, -0.2) is 31.4 Å². The van der Waals surface area contributed by atoms with E-state index in [0.717, 1.165) is 6.42 Å². The van der Waals surface area contributed by atoms with E-state index in [1.54, 1.807) is 0 Å². The number of fused-ring (bicyclic) bond motifs is 1. The van der Waals surface area contributed by atoms with Crippen LogP contribution in [0.5, 0.6) is 0 Å². The van der Waals surface area contributed by atoms with E-state index in [1.807, 2.05) is 0 Å². The predicted octanol–water partition coefficient (Wildman–Crippen LogP) is 1.16. The first-order chi connectivity index (χ1) is 10.1. The fraction of sp³-hybridized carbons (Fsp3) is 0.211. The van der Waals surface area contributed by atoms with E-state index < -0.39 is 0 Å². The van der Waals surface area contributed by atoms with Crippen LogP contribution in [0.1, 0.15) is 11.1 Å². The van der Waals surface area contributed by atoms with Gasteiger partial charge in [0, 0.05) is 37.5 Å². The molecule has 0 bridgehead atoms. The van der Waals surface area contributed by atoms with Crippen molar-refractivity contribution in [2.45, 2.75) is 6.42 Å². The second kappa shape index (κ2) is 8.19. The highest BCUT2D eigenvalue weighted by atomic mass is 35.5. The fourth-order valence-electron chi connectivity index (χ4n) is 2.70. The van der Waals surface area contributed by atoms with Crippen LogP contribution < -0.4 is 17.3 Å². The summed E-state index contributed by atoms with van der Waals surface area (Å²) in [4.78, 5) is 2.11. The number of hydrogen-bond acceptors (Lipinski definition) is 1. The Bertz CT molecular complexity index is 716. The zero-order chi connectivity index (χ0) is 14.8. The Morgan fingerprint density at radius 2 is 1.61 bits per heavy atom. The highest BCUT2D eigenvalue weighted by molar-refractivity contribution is 5.99. The van der Waals surface area contributed by atoms with Gasteiger partial charge in [0.1, 0.15) is 7.05 Å². The molecule has 2 nitrogen and oxygen atoms in total. The number of nitrogens with zero attached hydrogens (tertiary/aromatic N) is 2. The fourth-order valence-corrected chi connectivity index (χ4v) is 2.70. The second-order valence-electron chi connectivity index (χ2n) is 5.68. The van der Waals surface area contributed by atoms with Gasteiger partial charge in [-0.1, -0.05) is 30.3 Å². The molecule has 0 N–H and O–H groups in total. The maximum atomic E-state index is 2.28. The van der Waals surface area contributed by atoms with Crippen molar-refractivity contribution in [2.24, 2.45) is 0 Å². The lowest BCUT2D eigenvalue weighted by Crippen LogP contribution is -3.00. The molecule has 0 unspecified atom stereocenters. The molecule has 2 aromatic rings. The topological polar surface area (TPSA) is 6.25 Å². The van der Waals surface area contributed by atoms with Crippen LogP contribution >= 0.6 is 12.4 Å². The monoisotopic (exact) mass is 348 g/mol. The van der Waals surface area contributed by atoms with Gasteiger partial charge in [0.25, 0.3) is 0 Å². The van der Waals surface area contributed by atoms with E-state index in [2.05, 4.69) is 91.3 Å². The molecule has 0 aliphatic carbocycles. The molecular formula is C19H22Cl2N2. The van der Waals surface area contributed by atoms with E-state index in [0.29, 0.717) is 0 Å². The Balaban J connectivity index is 0.00000132. The summed E-state index contributed by atoms with van der Waals surface area (Å²) in [7, 11) is 6.26. The Morgan fingerprint density at radius 3 is 2.22 bits per heavy atom. The van der Waals surface area contributed by atoms with Crippen molar-refractivity contribution < 1.29 is 17.0 Å². The van der Waals surface area contributed by atoms with Gasteiger partial charge in [0.05, 0.1) is 6.42 Å². The van der Waals surface area contributed by atoms with Crippen LogP contribution in [0.25, 0.3) is 6.08 Å². The molecule has 0 saturated carbocycles. The first-order valence-electron chi connectivity index (χ1n) is 7.28. The normalized spacial score (nSPS) is 12.7. The maximum Gasteiger partial charge on any atom is 0.208 e. The molecule has 0 radical (unpaired) electrons. The molecule has 0 saturated heterocycles. The van der Waals surface area contributed by atoms with Gasteiger partial charge in [-0.25, -0.2) is 0 Å². The summed E-state index contributed by atoms with van der Waals surface area (Å²) in [6.45, 7) is 0. The first-order valence-corrected chi connectivity index (χ1v) is 7.28. The highest BCUT2D eigenvalue weighted by Crippen LogP contribution is 2.25. The van der Waals surface area contributed by atoms with Crippen molar-refractivity contribution >= 4 is 35.6 Å². The molecule has 4 heteroatoms. The van der Waals surface area contributed by atoms with Crippen LogP contribution in [0.2, 0.25) is 0 Å².